The summed E-state index contributed by atoms with van der Waals surface area (Å²) >= 11 is 0. The van der Waals surface area contributed by atoms with Crippen molar-refractivity contribution in [2.24, 2.45) is 0 Å². The third kappa shape index (κ3) is 5.78. The highest BCUT2D eigenvalue weighted by atomic mass is 32.2. The van der Waals surface area contributed by atoms with Crippen molar-refractivity contribution in [2.75, 3.05) is 18.8 Å². The second-order valence-electron chi connectivity index (χ2n) is 7.85. The number of benzene rings is 1. The van der Waals surface area contributed by atoms with Gasteiger partial charge in [0, 0.05) is 31.5 Å². The molecule has 0 aliphatic carbocycles. The number of likely N-dealkylation sites (tertiary alicyclic amines) is 1. The van der Waals surface area contributed by atoms with Crippen LogP contribution in [0.4, 0.5) is 0 Å². The van der Waals surface area contributed by atoms with E-state index in [1.165, 1.54) is 0 Å². The number of nitrogens with zero attached hydrogens (tertiary/aromatic N) is 2. The van der Waals surface area contributed by atoms with Crippen LogP contribution in [0.1, 0.15) is 49.1 Å². The molecule has 3 rings (SSSR count). The molecule has 0 radical (unpaired) electrons. The van der Waals surface area contributed by atoms with Crippen molar-refractivity contribution in [1.29, 1.82) is 0 Å². The lowest BCUT2D eigenvalue weighted by Crippen LogP contribution is -2.25. The number of aromatic nitrogens is 1. The Morgan fingerprint density at radius 2 is 1.97 bits per heavy atom. The molecule has 1 aromatic carbocycles. The molecular formula is C22H28N2O5S. The average Bonchev–Trinajstić information content (AvgIpc) is 3.24. The van der Waals surface area contributed by atoms with Crippen LogP contribution in [0.5, 0.6) is 0 Å². The summed E-state index contributed by atoms with van der Waals surface area (Å²) in [6.07, 6.45) is 2.99. The molecule has 1 aliphatic rings. The van der Waals surface area contributed by atoms with Crippen LogP contribution in [-0.4, -0.2) is 48.8 Å². The Labute approximate surface area is 177 Å². The SMILES string of the molecule is Cc1ccccc1-c1nc(CS(=O)(=O)CC(=O)CCCCN2CCCC2=O)c(C)o1. The van der Waals surface area contributed by atoms with Crippen molar-refractivity contribution in [3.8, 4) is 11.5 Å². The fraction of sp³-hybridized carbons (Fsp3) is 0.500. The molecule has 2 aromatic rings. The van der Waals surface area contributed by atoms with Gasteiger partial charge >= 0.3 is 0 Å². The van der Waals surface area contributed by atoms with E-state index in [0.29, 0.717) is 43.2 Å². The molecule has 1 amide bonds. The van der Waals surface area contributed by atoms with E-state index in [-0.39, 0.29) is 23.9 Å². The Hall–Kier alpha value is -2.48. The van der Waals surface area contributed by atoms with E-state index in [9.17, 15) is 18.0 Å². The minimum absolute atomic E-state index is 0.164. The zero-order chi connectivity index (χ0) is 21.7. The summed E-state index contributed by atoms with van der Waals surface area (Å²) in [7, 11) is -3.63. The van der Waals surface area contributed by atoms with E-state index in [0.717, 1.165) is 24.1 Å². The van der Waals surface area contributed by atoms with Crippen molar-refractivity contribution >= 4 is 21.5 Å². The van der Waals surface area contributed by atoms with E-state index in [1.807, 2.05) is 31.2 Å². The zero-order valence-electron chi connectivity index (χ0n) is 17.5. The maximum absolute atomic E-state index is 12.5. The van der Waals surface area contributed by atoms with Gasteiger partial charge in [-0.25, -0.2) is 13.4 Å². The van der Waals surface area contributed by atoms with E-state index < -0.39 is 15.6 Å². The van der Waals surface area contributed by atoms with Gasteiger partial charge < -0.3 is 9.32 Å². The van der Waals surface area contributed by atoms with Gasteiger partial charge in [0.05, 0.1) is 11.4 Å². The van der Waals surface area contributed by atoms with Gasteiger partial charge in [-0.2, -0.15) is 0 Å². The van der Waals surface area contributed by atoms with Gasteiger partial charge in [-0.3, -0.25) is 9.59 Å². The van der Waals surface area contributed by atoms with Crippen LogP contribution in [0.3, 0.4) is 0 Å². The van der Waals surface area contributed by atoms with Crippen LogP contribution in [0.2, 0.25) is 0 Å². The molecule has 0 bridgehead atoms. The highest BCUT2D eigenvalue weighted by Crippen LogP contribution is 2.25. The van der Waals surface area contributed by atoms with Crippen LogP contribution in [0, 0.1) is 13.8 Å². The molecular weight excluding hydrogens is 404 g/mol. The monoisotopic (exact) mass is 432 g/mol. The molecule has 0 spiro atoms. The lowest BCUT2D eigenvalue weighted by molar-refractivity contribution is -0.127. The molecule has 0 unspecified atom stereocenters. The van der Waals surface area contributed by atoms with Gasteiger partial charge in [-0.05, 0) is 44.7 Å². The predicted octanol–water partition coefficient (Wildman–Crippen LogP) is 3.24. The van der Waals surface area contributed by atoms with Crippen molar-refractivity contribution < 1.29 is 22.4 Å². The number of carbonyl (C=O) groups is 2. The number of rotatable bonds is 10. The van der Waals surface area contributed by atoms with Gasteiger partial charge in [-0.15, -0.1) is 0 Å². The van der Waals surface area contributed by atoms with Crippen molar-refractivity contribution in [1.82, 2.24) is 9.88 Å². The Morgan fingerprint density at radius 1 is 1.20 bits per heavy atom. The summed E-state index contributed by atoms with van der Waals surface area (Å²) in [6.45, 7) is 5.03. The summed E-state index contributed by atoms with van der Waals surface area (Å²) in [5.41, 5.74) is 2.14. The maximum Gasteiger partial charge on any atom is 0.226 e. The second kappa shape index (κ2) is 9.55. The van der Waals surface area contributed by atoms with Crippen molar-refractivity contribution in [3.05, 3.63) is 41.3 Å². The van der Waals surface area contributed by atoms with Crippen LogP contribution in [-0.2, 0) is 25.2 Å². The molecule has 1 aliphatic heterocycles. The summed E-state index contributed by atoms with van der Waals surface area (Å²) in [5, 5.41) is 0. The first-order valence-electron chi connectivity index (χ1n) is 10.3. The van der Waals surface area contributed by atoms with Crippen LogP contribution in [0.15, 0.2) is 28.7 Å². The number of carbonyl (C=O) groups excluding carboxylic acids is 2. The molecule has 0 N–H and O–H groups in total. The number of Topliss-reactive ketones (excluding diaryl/α,β-unsaturated/α-hetero) is 1. The normalized spacial score (nSPS) is 14.5. The fourth-order valence-corrected chi connectivity index (χ4v) is 5.05. The fourth-order valence-electron chi connectivity index (χ4n) is 3.63. The van der Waals surface area contributed by atoms with E-state index in [1.54, 1.807) is 11.8 Å². The van der Waals surface area contributed by atoms with Gasteiger partial charge in [0.1, 0.15) is 17.3 Å². The van der Waals surface area contributed by atoms with Crippen LogP contribution in [0.25, 0.3) is 11.5 Å². The zero-order valence-corrected chi connectivity index (χ0v) is 18.3. The number of sulfone groups is 1. The summed E-state index contributed by atoms with van der Waals surface area (Å²) < 4.78 is 30.7. The first-order chi connectivity index (χ1) is 14.2. The molecule has 1 saturated heterocycles. The number of aryl methyl sites for hydroxylation is 2. The number of amides is 1. The molecule has 1 aromatic heterocycles. The smallest absolute Gasteiger partial charge is 0.226 e. The Bertz CT molecular complexity index is 1030. The van der Waals surface area contributed by atoms with E-state index in [4.69, 9.17) is 4.42 Å². The summed E-state index contributed by atoms with van der Waals surface area (Å²) in [6, 6.07) is 7.59. The third-order valence-corrected chi connectivity index (χ3v) is 6.79. The Morgan fingerprint density at radius 3 is 2.67 bits per heavy atom. The largest absolute Gasteiger partial charge is 0.441 e. The molecule has 162 valence electrons. The first-order valence-corrected chi connectivity index (χ1v) is 12.1. The van der Waals surface area contributed by atoms with Crippen molar-refractivity contribution in [2.45, 2.75) is 51.7 Å². The number of ketones is 1. The Balaban J connectivity index is 1.51. The molecule has 2 heterocycles. The maximum atomic E-state index is 12.5. The predicted molar refractivity (Wildman–Crippen MR) is 114 cm³/mol. The molecule has 30 heavy (non-hydrogen) atoms. The van der Waals surface area contributed by atoms with Gasteiger partial charge in [-0.1, -0.05) is 18.2 Å². The topological polar surface area (TPSA) is 97.5 Å². The number of unbranched alkanes of at least 4 members (excludes halogenated alkanes) is 1. The lowest BCUT2D eigenvalue weighted by Gasteiger charge is -2.14. The minimum Gasteiger partial charge on any atom is -0.441 e. The number of hydrogen-bond donors (Lipinski definition) is 0. The van der Waals surface area contributed by atoms with Crippen LogP contribution >= 0.6 is 0 Å². The van der Waals surface area contributed by atoms with Crippen LogP contribution < -0.4 is 0 Å². The standard InChI is InChI=1S/C22H28N2O5S/c1-16-8-3-4-10-19(16)22-23-20(17(2)29-22)15-30(27,28)14-18(25)9-5-6-12-24-13-7-11-21(24)26/h3-4,8,10H,5-7,9,11-15H2,1-2H3. The molecule has 8 heteroatoms. The lowest BCUT2D eigenvalue weighted by atomic mass is 10.1. The van der Waals surface area contributed by atoms with Gasteiger partial charge in [0.2, 0.25) is 11.8 Å². The minimum atomic E-state index is -3.63. The molecule has 0 saturated carbocycles. The molecule has 7 nitrogen and oxygen atoms in total. The summed E-state index contributed by atoms with van der Waals surface area (Å²) in [4.78, 5) is 29.9. The molecule has 0 atom stereocenters. The summed E-state index contributed by atoms with van der Waals surface area (Å²) in [5.74, 6) is -0.123. The van der Waals surface area contributed by atoms with E-state index in [2.05, 4.69) is 4.98 Å². The highest BCUT2D eigenvalue weighted by molar-refractivity contribution is 7.91. The van der Waals surface area contributed by atoms with Crippen molar-refractivity contribution in [3.63, 3.8) is 0 Å². The number of hydrogen-bond acceptors (Lipinski definition) is 6. The molecule has 1 fully saturated rings. The second-order valence-corrected chi connectivity index (χ2v) is 9.91. The quantitative estimate of drug-likeness (QED) is 0.535. The van der Waals surface area contributed by atoms with Gasteiger partial charge in [0.25, 0.3) is 0 Å². The first kappa shape index (κ1) is 22.2. The third-order valence-electron chi connectivity index (χ3n) is 5.31. The number of oxazole rings is 1. The van der Waals surface area contributed by atoms with Gasteiger partial charge in [0.15, 0.2) is 9.84 Å². The highest BCUT2D eigenvalue weighted by Gasteiger charge is 2.23. The average molecular weight is 433 g/mol. The Kier molecular flexibility index (Phi) is 7.07. The van der Waals surface area contributed by atoms with E-state index >= 15 is 0 Å².